The Bertz CT molecular complexity index is 172. The van der Waals surface area contributed by atoms with Gasteiger partial charge in [-0.1, -0.05) is 4.49 Å². The summed E-state index contributed by atoms with van der Waals surface area (Å²) in [4.78, 5) is 0. The summed E-state index contributed by atoms with van der Waals surface area (Å²) in [6, 6.07) is 0. The van der Waals surface area contributed by atoms with Crippen molar-refractivity contribution < 1.29 is 0 Å². The van der Waals surface area contributed by atoms with Gasteiger partial charge in [-0.25, -0.2) is 0 Å². The zero-order valence-corrected chi connectivity index (χ0v) is 5.62. The Kier molecular flexibility index (Phi) is 1.43. The standard InChI is InChI=1S/C4H7N3S/c1-3-4(5-2)8-7-6-3/h5H,1-2H3. The second-order valence-electron chi connectivity index (χ2n) is 1.44. The average Bonchev–Trinajstić information content (AvgIpc) is 2.14. The van der Waals surface area contributed by atoms with Crippen molar-refractivity contribution in [1.29, 1.82) is 0 Å². The molecule has 4 heteroatoms. The molecule has 0 spiro atoms. The van der Waals surface area contributed by atoms with E-state index in [1.165, 1.54) is 11.5 Å². The second-order valence-corrected chi connectivity index (χ2v) is 2.19. The lowest BCUT2D eigenvalue weighted by Gasteiger charge is -1.88. The first-order valence-corrected chi connectivity index (χ1v) is 3.08. The van der Waals surface area contributed by atoms with E-state index in [9.17, 15) is 0 Å². The molecule has 0 amide bonds. The molecule has 0 bridgehead atoms. The van der Waals surface area contributed by atoms with Crippen LogP contribution in [0.5, 0.6) is 0 Å². The van der Waals surface area contributed by atoms with E-state index in [0.29, 0.717) is 0 Å². The third kappa shape index (κ3) is 0.790. The molecule has 0 saturated carbocycles. The Morgan fingerprint density at radius 3 is 2.62 bits per heavy atom. The lowest BCUT2D eigenvalue weighted by molar-refractivity contribution is 1.09. The number of nitrogens with zero attached hydrogens (tertiary/aromatic N) is 2. The zero-order valence-electron chi connectivity index (χ0n) is 4.80. The molecule has 44 valence electrons. The van der Waals surface area contributed by atoms with E-state index in [-0.39, 0.29) is 0 Å². The predicted octanol–water partition coefficient (Wildman–Crippen LogP) is 0.888. The highest BCUT2D eigenvalue weighted by Gasteiger charge is 1.96. The molecular weight excluding hydrogens is 122 g/mol. The van der Waals surface area contributed by atoms with Crippen LogP contribution in [0.25, 0.3) is 0 Å². The van der Waals surface area contributed by atoms with Crippen LogP contribution >= 0.6 is 11.5 Å². The quantitative estimate of drug-likeness (QED) is 0.612. The zero-order chi connectivity index (χ0) is 5.98. The molecule has 1 heterocycles. The van der Waals surface area contributed by atoms with Crippen molar-refractivity contribution in [2.45, 2.75) is 6.92 Å². The maximum atomic E-state index is 3.79. The molecule has 0 aliphatic heterocycles. The molecular formula is C4H7N3S. The minimum atomic E-state index is 0.970. The summed E-state index contributed by atoms with van der Waals surface area (Å²) in [5.41, 5.74) is 0.970. The van der Waals surface area contributed by atoms with Gasteiger partial charge in [0.2, 0.25) is 0 Å². The van der Waals surface area contributed by atoms with Gasteiger partial charge in [-0.3, -0.25) is 0 Å². The molecule has 1 aromatic heterocycles. The normalized spacial score (nSPS) is 9.25. The predicted molar refractivity (Wildman–Crippen MR) is 34.2 cm³/mol. The Hall–Kier alpha value is -0.640. The molecule has 0 aliphatic rings. The molecule has 8 heavy (non-hydrogen) atoms. The monoisotopic (exact) mass is 129 g/mol. The highest BCUT2D eigenvalue weighted by molar-refractivity contribution is 7.10. The van der Waals surface area contributed by atoms with Crippen LogP contribution in [-0.4, -0.2) is 16.6 Å². The van der Waals surface area contributed by atoms with Crippen LogP contribution in [0, 0.1) is 6.92 Å². The average molecular weight is 129 g/mol. The van der Waals surface area contributed by atoms with Crippen molar-refractivity contribution >= 4 is 16.5 Å². The number of anilines is 1. The summed E-state index contributed by atoms with van der Waals surface area (Å²) >= 11 is 1.38. The van der Waals surface area contributed by atoms with Gasteiger partial charge < -0.3 is 5.32 Å². The minimum absolute atomic E-state index is 0.970. The number of hydrogen-bond acceptors (Lipinski definition) is 4. The molecule has 0 atom stereocenters. The highest BCUT2D eigenvalue weighted by atomic mass is 32.1. The van der Waals surface area contributed by atoms with Crippen LogP contribution in [-0.2, 0) is 0 Å². The largest absolute Gasteiger partial charge is 0.377 e. The van der Waals surface area contributed by atoms with Gasteiger partial charge >= 0.3 is 0 Å². The van der Waals surface area contributed by atoms with Crippen LogP contribution < -0.4 is 5.32 Å². The fourth-order valence-electron chi connectivity index (χ4n) is 0.460. The summed E-state index contributed by atoms with van der Waals surface area (Å²) in [6.07, 6.45) is 0. The fourth-order valence-corrected chi connectivity index (χ4v) is 0.970. The van der Waals surface area contributed by atoms with Gasteiger partial charge in [0.05, 0.1) is 5.69 Å². The summed E-state index contributed by atoms with van der Waals surface area (Å²) < 4.78 is 3.72. The first kappa shape index (κ1) is 5.50. The topological polar surface area (TPSA) is 37.8 Å². The second kappa shape index (κ2) is 2.09. The number of aromatic nitrogens is 2. The van der Waals surface area contributed by atoms with E-state index in [1.807, 2.05) is 14.0 Å². The van der Waals surface area contributed by atoms with Crippen LogP contribution in [0.4, 0.5) is 5.00 Å². The van der Waals surface area contributed by atoms with Crippen molar-refractivity contribution in [2.24, 2.45) is 0 Å². The van der Waals surface area contributed by atoms with Gasteiger partial charge in [0, 0.05) is 18.6 Å². The van der Waals surface area contributed by atoms with E-state index < -0.39 is 0 Å². The van der Waals surface area contributed by atoms with Gasteiger partial charge in [0.25, 0.3) is 0 Å². The van der Waals surface area contributed by atoms with E-state index in [0.717, 1.165) is 10.7 Å². The summed E-state index contributed by atoms with van der Waals surface area (Å²) in [5, 5.41) is 7.81. The maximum absolute atomic E-state index is 3.79. The van der Waals surface area contributed by atoms with Crippen LogP contribution in [0.3, 0.4) is 0 Å². The van der Waals surface area contributed by atoms with Crippen molar-refractivity contribution in [3.63, 3.8) is 0 Å². The minimum Gasteiger partial charge on any atom is -0.377 e. The number of aryl methyl sites for hydroxylation is 1. The molecule has 1 N–H and O–H groups in total. The van der Waals surface area contributed by atoms with Gasteiger partial charge in [0.1, 0.15) is 5.00 Å². The highest BCUT2D eigenvalue weighted by Crippen LogP contribution is 2.13. The third-order valence-corrected chi connectivity index (χ3v) is 1.72. The summed E-state index contributed by atoms with van der Waals surface area (Å²) in [6.45, 7) is 1.93. The van der Waals surface area contributed by atoms with Gasteiger partial charge in [-0.2, -0.15) is 0 Å². The van der Waals surface area contributed by atoms with Gasteiger partial charge in [0.15, 0.2) is 0 Å². The molecule has 0 fully saturated rings. The molecule has 1 aromatic rings. The first-order valence-electron chi connectivity index (χ1n) is 2.31. The molecule has 3 nitrogen and oxygen atoms in total. The maximum Gasteiger partial charge on any atom is 0.132 e. The Morgan fingerprint density at radius 1 is 1.62 bits per heavy atom. The SMILES string of the molecule is CNc1snnc1C. The van der Waals surface area contributed by atoms with Crippen molar-refractivity contribution in [3.8, 4) is 0 Å². The molecule has 1 rings (SSSR count). The Labute approximate surface area is 51.9 Å². The summed E-state index contributed by atoms with van der Waals surface area (Å²) in [7, 11) is 1.86. The third-order valence-electron chi connectivity index (χ3n) is 0.879. The molecule has 0 aromatic carbocycles. The molecule has 0 radical (unpaired) electrons. The number of hydrogen-bond donors (Lipinski definition) is 1. The first-order chi connectivity index (χ1) is 3.84. The fraction of sp³-hybridized carbons (Fsp3) is 0.500. The molecule has 0 aliphatic carbocycles. The smallest absolute Gasteiger partial charge is 0.132 e. The van der Waals surface area contributed by atoms with E-state index in [4.69, 9.17) is 0 Å². The van der Waals surface area contributed by atoms with E-state index in [1.54, 1.807) is 0 Å². The molecule has 0 unspecified atom stereocenters. The van der Waals surface area contributed by atoms with Crippen LogP contribution in [0.2, 0.25) is 0 Å². The van der Waals surface area contributed by atoms with Gasteiger partial charge in [-0.05, 0) is 6.92 Å². The van der Waals surface area contributed by atoms with Crippen molar-refractivity contribution in [2.75, 3.05) is 12.4 Å². The number of rotatable bonds is 1. The lowest BCUT2D eigenvalue weighted by Crippen LogP contribution is -1.85. The van der Waals surface area contributed by atoms with E-state index >= 15 is 0 Å². The van der Waals surface area contributed by atoms with Crippen molar-refractivity contribution in [1.82, 2.24) is 9.59 Å². The number of nitrogens with one attached hydrogen (secondary N) is 1. The van der Waals surface area contributed by atoms with E-state index in [2.05, 4.69) is 14.9 Å². The lowest BCUT2D eigenvalue weighted by atomic mass is 10.5. The van der Waals surface area contributed by atoms with Crippen LogP contribution in [0.15, 0.2) is 0 Å². The van der Waals surface area contributed by atoms with Gasteiger partial charge in [-0.15, -0.1) is 5.10 Å². The van der Waals surface area contributed by atoms with Crippen LogP contribution in [0.1, 0.15) is 5.69 Å². The summed E-state index contributed by atoms with van der Waals surface area (Å²) in [5.74, 6) is 0. The molecule has 0 saturated heterocycles. The Morgan fingerprint density at radius 2 is 2.38 bits per heavy atom. The van der Waals surface area contributed by atoms with Crippen molar-refractivity contribution in [3.05, 3.63) is 5.69 Å². The Balaban J connectivity index is 2.92.